The van der Waals surface area contributed by atoms with Crippen LogP contribution in [0.3, 0.4) is 0 Å². The maximum absolute atomic E-state index is 3.71. The van der Waals surface area contributed by atoms with E-state index in [4.69, 9.17) is 0 Å². The van der Waals surface area contributed by atoms with Gasteiger partial charge in [-0.25, -0.2) is 0 Å². The van der Waals surface area contributed by atoms with E-state index in [1.54, 1.807) is 0 Å². The maximum Gasteiger partial charge on any atom is 0.0224 e. The first-order valence-corrected chi connectivity index (χ1v) is 8.08. The van der Waals surface area contributed by atoms with Gasteiger partial charge in [0.2, 0.25) is 0 Å². The van der Waals surface area contributed by atoms with Gasteiger partial charge in [-0.2, -0.15) is 0 Å². The molecule has 2 aliphatic heterocycles. The summed E-state index contributed by atoms with van der Waals surface area (Å²) in [5.41, 5.74) is 0. The lowest BCUT2D eigenvalue weighted by molar-refractivity contribution is 0.0726. The molecule has 0 bridgehead atoms. The van der Waals surface area contributed by atoms with Crippen molar-refractivity contribution in [1.29, 1.82) is 0 Å². The van der Waals surface area contributed by atoms with E-state index in [1.807, 2.05) is 0 Å². The molecule has 3 heteroatoms. The molecule has 0 aromatic carbocycles. The lowest BCUT2D eigenvalue weighted by Crippen LogP contribution is -2.53. The molecule has 3 unspecified atom stereocenters. The van der Waals surface area contributed by atoms with Gasteiger partial charge in [-0.05, 0) is 51.6 Å². The van der Waals surface area contributed by atoms with Crippen LogP contribution in [0.15, 0.2) is 0 Å². The standard InChI is InChI=1S/C15H29N3/c1-2-7-16-13-5-6-14(11-13)18-10-9-17-8-3-4-15(17)12-18/h13-16H,2-12H2,1H3. The molecule has 2 heterocycles. The van der Waals surface area contributed by atoms with Crippen LogP contribution in [-0.2, 0) is 0 Å². The van der Waals surface area contributed by atoms with Gasteiger partial charge in [0.05, 0.1) is 0 Å². The van der Waals surface area contributed by atoms with E-state index in [9.17, 15) is 0 Å². The van der Waals surface area contributed by atoms with Crippen LogP contribution in [-0.4, -0.2) is 60.6 Å². The van der Waals surface area contributed by atoms with Crippen LogP contribution >= 0.6 is 0 Å². The molecule has 1 aliphatic carbocycles. The number of nitrogens with one attached hydrogen (secondary N) is 1. The molecule has 0 aromatic rings. The van der Waals surface area contributed by atoms with Gasteiger partial charge in [0, 0.05) is 37.8 Å². The van der Waals surface area contributed by atoms with Crippen LogP contribution in [0.1, 0.15) is 45.4 Å². The van der Waals surface area contributed by atoms with Gasteiger partial charge in [0.25, 0.3) is 0 Å². The van der Waals surface area contributed by atoms with Gasteiger partial charge >= 0.3 is 0 Å². The predicted octanol–water partition coefficient (Wildman–Crippen LogP) is 1.69. The minimum absolute atomic E-state index is 0.802. The number of fused-ring (bicyclic) bond motifs is 1. The van der Waals surface area contributed by atoms with E-state index in [0.29, 0.717) is 0 Å². The van der Waals surface area contributed by atoms with Gasteiger partial charge in [0.1, 0.15) is 0 Å². The molecule has 0 aromatic heterocycles. The highest BCUT2D eigenvalue weighted by molar-refractivity contribution is 4.93. The molecule has 0 radical (unpaired) electrons. The molecule has 2 saturated heterocycles. The fourth-order valence-electron chi connectivity index (χ4n) is 4.17. The van der Waals surface area contributed by atoms with Crippen molar-refractivity contribution in [2.75, 3.05) is 32.7 Å². The minimum Gasteiger partial charge on any atom is -0.314 e. The zero-order valence-electron chi connectivity index (χ0n) is 11.9. The van der Waals surface area contributed by atoms with E-state index in [-0.39, 0.29) is 0 Å². The molecule has 18 heavy (non-hydrogen) atoms. The summed E-state index contributed by atoms with van der Waals surface area (Å²) in [7, 11) is 0. The first-order valence-electron chi connectivity index (χ1n) is 8.08. The van der Waals surface area contributed by atoms with Crippen molar-refractivity contribution in [2.45, 2.75) is 63.6 Å². The Labute approximate surface area is 112 Å². The van der Waals surface area contributed by atoms with Crippen molar-refractivity contribution < 1.29 is 0 Å². The van der Waals surface area contributed by atoms with Crippen LogP contribution in [0.2, 0.25) is 0 Å². The molecule has 0 spiro atoms. The molecule has 1 N–H and O–H groups in total. The molecule has 1 saturated carbocycles. The smallest absolute Gasteiger partial charge is 0.0224 e. The van der Waals surface area contributed by atoms with E-state index < -0.39 is 0 Å². The van der Waals surface area contributed by atoms with Gasteiger partial charge in [-0.1, -0.05) is 6.92 Å². The average Bonchev–Trinajstić information content (AvgIpc) is 3.04. The van der Waals surface area contributed by atoms with Crippen molar-refractivity contribution in [2.24, 2.45) is 0 Å². The molecule has 3 atom stereocenters. The summed E-state index contributed by atoms with van der Waals surface area (Å²) in [6.07, 6.45) is 8.36. The second kappa shape index (κ2) is 5.89. The average molecular weight is 251 g/mol. The van der Waals surface area contributed by atoms with Crippen molar-refractivity contribution >= 4 is 0 Å². The highest BCUT2D eigenvalue weighted by atomic mass is 15.3. The number of rotatable bonds is 4. The SMILES string of the molecule is CCCNC1CCC(N2CCN3CCCC3C2)C1. The first kappa shape index (κ1) is 12.9. The Morgan fingerprint density at radius 3 is 2.78 bits per heavy atom. The Morgan fingerprint density at radius 1 is 1.00 bits per heavy atom. The monoisotopic (exact) mass is 251 g/mol. The minimum atomic E-state index is 0.802. The third-order valence-corrected chi connectivity index (χ3v) is 5.22. The van der Waals surface area contributed by atoms with Crippen molar-refractivity contribution in [3.63, 3.8) is 0 Å². The predicted molar refractivity (Wildman–Crippen MR) is 75.9 cm³/mol. The number of hydrogen-bond acceptors (Lipinski definition) is 3. The molecule has 104 valence electrons. The summed E-state index contributed by atoms with van der Waals surface area (Å²) in [5, 5.41) is 3.71. The number of piperazine rings is 1. The molecular formula is C15H29N3. The Hall–Kier alpha value is -0.120. The zero-order valence-corrected chi connectivity index (χ0v) is 11.9. The lowest BCUT2D eigenvalue weighted by atomic mass is 10.1. The molecular weight excluding hydrogens is 222 g/mol. The van der Waals surface area contributed by atoms with E-state index in [2.05, 4.69) is 22.0 Å². The summed E-state index contributed by atoms with van der Waals surface area (Å²) in [6, 6.07) is 2.57. The van der Waals surface area contributed by atoms with Gasteiger partial charge < -0.3 is 5.32 Å². The maximum atomic E-state index is 3.71. The Bertz CT molecular complexity index is 268. The highest BCUT2D eigenvalue weighted by Gasteiger charge is 2.36. The number of nitrogens with zero attached hydrogens (tertiary/aromatic N) is 2. The second-order valence-corrected chi connectivity index (χ2v) is 6.44. The van der Waals surface area contributed by atoms with Gasteiger partial charge in [-0.3, -0.25) is 9.80 Å². The lowest BCUT2D eigenvalue weighted by Gasteiger charge is -2.40. The molecule has 0 amide bonds. The fourth-order valence-corrected chi connectivity index (χ4v) is 4.17. The highest BCUT2D eigenvalue weighted by Crippen LogP contribution is 2.29. The summed E-state index contributed by atoms with van der Waals surface area (Å²) in [6.45, 7) is 8.83. The second-order valence-electron chi connectivity index (χ2n) is 6.44. The Kier molecular flexibility index (Phi) is 4.22. The summed E-state index contributed by atoms with van der Waals surface area (Å²) >= 11 is 0. The van der Waals surface area contributed by atoms with E-state index in [0.717, 1.165) is 18.1 Å². The first-order chi connectivity index (χ1) is 8.86. The van der Waals surface area contributed by atoms with Crippen LogP contribution < -0.4 is 5.32 Å². The van der Waals surface area contributed by atoms with Gasteiger partial charge in [-0.15, -0.1) is 0 Å². The largest absolute Gasteiger partial charge is 0.314 e. The number of hydrogen-bond donors (Lipinski definition) is 1. The quantitative estimate of drug-likeness (QED) is 0.820. The van der Waals surface area contributed by atoms with Gasteiger partial charge in [0.15, 0.2) is 0 Å². The molecule has 3 rings (SSSR count). The zero-order chi connectivity index (χ0) is 12.4. The molecule has 3 fully saturated rings. The van der Waals surface area contributed by atoms with Crippen LogP contribution in [0.5, 0.6) is 0 Å². The van der Waals surface area contributed by atoms with E-state index in [1.165, 1.54) is 71.2 Å². The third kappa shape index (κ3) is 2.73. The Balaban J connectivity index is 1.47. The Morgan fingerprint density at radius 2 is 1.89 bits per heavy atom. The van der Waals surface area contributed by atoms with Crippen molar-refractivity contribution in [3.05, 3.63) is 0 Å². The van der Waals surface area contributed by atoms with Crippen molar-refractivity contribution in [3.8, 4) is 0 Å². The molecule has 3 aliphatic rings. The van der Waals surface area contributed by atoms with Crippen LogP contribution in [0.4, 0.5) is 0 Å². The topological polar surface area (TPSA) is 18.5 Å². The van der Waals surface area contributed by atoms with E-state index >= 15 is 0 Å². The fraction of sp³-hybridized carbons (Fsp3) is 1.00. The molecule has 3 nitrogen and oxygen atoms in total. The summed E-state index contributed by atoms with van der Waals surface area (Å²) < 4.78 is 0. The third-order valence-electron chi connectivity index (χ3n) is 5.22. The van der Waals surface area contributed by atoms with Crippen LogP contribution in [0, 0.1) is 0 Å². The summed E-state index contributed by atoms with van der Waals surface area (Å²) in [5.74, 6) is 0. The normalized spacial score (nSPS) is 38.2. The van der Waals surface area contributed by atoms with Crippen LogP contribution in [0.25, 0.3) is 0 Å². The summed E-state index contributed by atoms with van der Waals surface area (Å²) in [4.78, 5) is 5.53. The van der Waals surface area contributed by atoms with Crippen molar-refractivity contribution in [1.82, 2.24) is 15.1 Å².